The van der Waals surface area contributed by atoms with Crippen molar-refractivity contribution in [1.29, 1.82) is 0 Å². The minimum absolute atomic E-state index is 0.0554. The molecule has 0 aromatic rings. The Balaban J connectivity index is 2.33. The molecule has 1 heterocycles. The van der Waals surface area contributed by atoms with Crippen LogP contribution in [-0.2, 0) is 4.79 Å². The van der Waals surface area contributed by atoms with Gasteiger partial charge in [0, 0.05) is 12.6 Å². The largest absolute Gasteiger partial charge is 0.353 e. The second-order valence-electron chi connectivity index (χ2n) is 5.08. The first kappa shape index (κ1) is 14.8. The summed E-state index contributed by atoms with van der Waals surface area (Å²) in [6, 6.07) is -0.310. The van der Waals surface area contributed by atoms with E-state index >= 15 is 0 Å². The third kappa shape index (κ3) is 4.91. The van der Waals surface area contributed by atoms with Crippen molar-refractivity contribution in [2.45, 2.75) is 32.7 Å². The Labute approximate surface area is 108 Å². The molecule has 1 aliphatic heterocycles. The number of likely N-dealkylation sites (tertiary alicyclic amines) is 1. The van der Waals surface area contributed by atoms with Gasteiger partial charge in [0.15, 0.2) is 0 Å². The summed E-state index contributed by atoms with van der Waals surface area (Å²) in [7, 11) is 0. The van der Waals surface area contributed by atoms with Crippen molar-refractivity contribution >= 4 is 11.9 Å². The second kappa shape index (κ2) is 7.20. The van der Waals surface area contributed by atoms with Gasteiger partial charge in [0.25, 0.3) is 0 Å². The van der Waals surface area contributed by atoms with Gasteiger partial charge in [-0.3, -0.25) is 9.69 Å². The average molecular weight is 256 g/mol. The Hall–Kier alpha value is -1.30. The molecule has 0 aliphatic carbocycles. The van der Waals surface area contributed by atoms with Crippen molar-refractivity contribution in [1.82, 2.24) is 15.5 Å². The number of primary amides is 1. The summed E-state index contributed by atoms with van der Waals surface area (Å²) in [6.45, 7) is 7.11. The van der Waals surface area contributed by atoms with Crippen LogP contribution in [-0.4, -0.2) is 49.1 Å². The molecular weight excluding hydrogens is 232 g/mol. The fourth-order valence-corrected chi connectivity index (χ4v) is 2.31. The van der Waals surface area contributed by atoms with Crippen LogP contribution in [0, 0.1) is 5.92 Å². The Morgan fingerprint density at radius 2 is 1.83 bits per heavy atom. The third-order valence-corrected chi connectivity index (χ3v) is 3.31. The van der Waals surface area contributed by atoms with Gasteiger partial charge in [0.05, 0.1) is 6.54 Å². The summed E-state index contributed by atoms with van der Waals surface area (Å²) in [6.07, 6.45) is 2.47. The van der Waals surface area contributed by atoms with Crippen LogP contribution in [0.25, 0.3) is 0 Å². The van der Waals surface area contributed by atoms with Crippen LogP contribution in [0.4, 0.5) is 4.79 Å². The maximum Gasteiger partial charge on any atom is 0.312 e. The van der Waals surface area contributed by atoms with Gasteiger partial charge >= 0.3 is 6.03 Å². The van der Waals surface area contributed by atoms with E-state index in [1.165, 1.54) is 12.8 Å². The van der Waals surface area contributed by atoms with E-state index in [9.17, 15) is 9.59 Å². The van der Waals surface area contributed by atoms with E-state index < -0.39 is 6.03 Å². The van der Waals surface area contributed by atoms with Crippen molar-refractivity contribution in [2.75, 3.05) is 26.2 Å². The van der Waals surface area contributed by atoms with Crippen molar-refractivity contribution in [3.63, 3.8) is 0 Å². The SMILES string of the molecule is CC(C)C(CNC(=O)CNC(N)=O)N1CCCC1. The predicted octanol–water partition coefficient (Wildman–Crippen LogP) is -0.109. The fraction of sp³-hybridized carbons (Fsp3) is 0.833. The molecular formula is C12H24N4O2. The number of carbonyl (C=O) groups excluding carboxylic acids is 2. The Morgan fingerprint density at radius 3 is 2.33 bits per heavy atom. The van der Waals surface area contributed by atoms with E-state index in [-0.39, 0.29) is 12.5 Å². The number of rotatable bonds is 6. The molecule has 0 aromatic carbocycles. The van der Waals surface area contributed by atoms with Crippen molar-refractivity contribution in [3.05, 3.63) is 0 Å². The quantitative estimate of drug-likeness (QED) is 0.619. The van der Waals surface area contributed by atoms with Crippen LogP contribution in [0.2, 0.25) is 0 Å². The van der Waals surface area contributed by atoms with Gasteiger partial charge < -0.3 is 16.4 Å². The second-order valence-corrected chi connectivity index (χ2v) is 5.08. The van der Waals surface area contributed by atoms with Crippen molar-refractivity contribution < 1.29 is 9.59 Å². The summed E-state index contributed by atoms with van der Waals surface area (Å²) < 4.78 is 0. The zero-order chi connectivity index (χ0) is 13.5. The van der Waals surface area contributed by atoms with Gasteiger partial charge in [0.1, 0.15) is 0 Å². The number of nitrogens with one attached hydrogen (secondary N) is 2. The monoisotopic (exact) mass is 256 g/mol. The standard InChI is InChI=1S/C12H24N4O2/c1-9(2)10(16-5-3-4-6-16)7-14-11(17)8-15-12(13)18/h9-10H,3-8H2,1-2H3,(H,14,17)(H3,13,15,18). The highest BCUT2D eigenvalue weighted by Gasteiger charge is 2.24. The summed E-state index contributed by atoms with van der Waals surface area (Å²) in [4.78, 5) is 24.4. The lowest BCUT2D eigenvalue weighted by atomic mass is 10.0. The molecule has 6 heteroatoms. The summed E-state index contributed by atoms with van der Waals surface area (Å²) in [5, 5.41) is 5.13. The molecule has 0 spiro atoms. The summed E-state index contributed by atoms with van der Waals surface area (Å²) in [5.41, 5.74) is 4.91. The summed E-state index contributed by atoms with van der Waals surface area (Å²) in [5.74, 6) is 0.297. The zero-order valence-corrected chi connectivity index (χ0v) is 11.2. The third-order valence-electron chi connectivity index (χ3n) is 3.31. The highest BCUT2D eigenvalue weighted by molar-refractivity contribution is 5.83. The van der Waals surface area contributed by atoms with E-state index in [0.29, 0.717) is 18.5 Å². The Kier molecular flexibility index (Phi) is 5.91. The van der Waals surface area contributed by atoms with Crippen molar-refractivity contribution in [2.24, 2.45) is 11.7 Å². The number of carbonyl (C=O) groups is 2. The molecule has 1 unspecified atom stereocenters. The van der Waals surface area contributed by atoms with E-state index in [2.05, 4.69) is 29.4 Å². The molecule has 3 amide bonds. The molecule has 0 saturated carbocycles. The number of amides is 3. The molecule has 104 valence electrons. The van der Waals surface area contributed by atoms with Crippen molar-refractivity contribution in [3.8, 4) is 0 Å². The van der Waals surface area contributed by atoms with Crippen LogP contribution in [0.5, 0.6) is 0 Å². The first-order valence-electron chi connectivity index (χ1n) is 6.54. The molecule has 0 aromatic heterocycles. The maximum atomic E-state index is 11.5. The van der Waals surface area contributed by atoms with Gasteiger partial charge in [-0.05, 0) is 31.8 Å². The molecule has 0 bridgehead atoms. The molecule has 1 saturated heterocycles. The normalized spacial score (nSPS) is 17.7. The Morgan fingerprint density at radius 1 is 1.22 bits per heavy atom. The first-order chi connectivity index (χ1) is 8.50. The van der Waals surface area contributed by atoms with Crippen LogP contribution >= 0.6 is 0 Å². The topological polar surface area (TPSA) is 87.5 Å². The molecule has 1 fully saturated rings. The molecule has 1 rings (SSSR count). The smallest absolute Gasteiger partial charge is 0.312 e. The first-order valence-corrected chi connectivity index (χ1v) is 6.54. The Bertz CT molecular complexity index is 288. The van der Waals surface area contributed by atoms with Crippen LogP contribution in [0.1, 0.15) is 26.7 Å². The summed E-state index contributed by atoms with van der Waals surface area (Å²) >= 11 is 0. The lowest BCUT2D eigenvalue weighted by molar-refractivity contribution is -0.120. The molecule has 1 atom stereocenters. The van der Waals surface area contributed by atoms with Crippen LogP contribution in [0.3, 0.4) is 0 Å². The zero-order valence-electron chi connectivity index (χ0n) is 11.2. The highest BCUT2D eigenvalue weighted by atomic mass is 16.2. The number of urea groups is 1. The number of nitrogens with zero attached hydrogens (tertiary/aromatic N) is 1. The molecule has 4 N–H and O–H groups in total. The average Bonchev–Trinajstić information content (AvgIpc) is 2.79. The lowest BCUT2D eigenvalue weighted by Gasteiger charge is -2.31. The molecule has 18 heavy (non-hydrogen) atoms. The van der Waals surface area contributed by atoms with E-state index in [4.69, 9.17) is 5.73 Å². The number of nitrogens with two attached hydrogens (primary N) is 1. The van der Waals surface area contributed by atoms with Gasteiger partial charge in [-0.2, -0.15) is 0 Å². The van der Waals surface area contributed by atoms with E-state index in [0.717, 1.165) is 13.1 Å². The van der Waals surface area contributed by atoms with Gasteiger partial charge in [0.2, 0.25) is 5.91 Å². The van der Waals surface area contributed by atoms with Gasteiger partial charge in [-0.1, -0.05) is 13.8 Å². The number of hydrogen-bond acceptors (Lipinski definition) is 3. The molecule has 0 radical (unpaired) electrons. The molecule has 6 nitrogen and oxygen atoms in total. The fourth-order valence-electron chi connectivity index (χ4n) is 2.31. The van der Waals surface area contributed by atoms with Crippen LogP contribution in [0.15, 0.2) is 0 Å². The highest BCUT2D eigenvalue weighted by Crippen LogP contribution is 2.16. The van der Waals surface area contributed by atoms with E-state index in [1.807, 2.05) is 0 Å². The van der Waals surface area contributed by atoms with E-state index in [1.54, 1.807) is 0 Å². The predicted molar refractivity (Wildman–Crippen MR) is 70.0 cm³/mol. The minimum Gasteiger partial charge on any atom is -0.353 e. The molecule has 1 aliphatic rings. The number of hydrogen-bond donors (Lipinski definition) is 3. The maximum absolute atomic E-state index is 11.5. The van der Waals surface area contributed by atoms with Crippen LogP contribution < -0.4 is 16.4 Å². The van der Waals surface area contributed by atoms with Gasteiger partial charge in [-0.15, -0.1) is 0 Å². The minimum atomic E-state index is -0.676. The van der Waals surface area contributed by atoms with Gasteiger partial charge in [-0.25, -0.2) is 4.79 Å². The lowest BCUT2D eigenvalue weighted by Crippen LogP contribution is -2.48.